The zero-order valence-electron chi connectivity index (χ0n) is 8.34. The Morgan fingerprint density at radius 2 is 2.06 bits per heavy atom. The fourth-order valence-electron chi connectivity index (χ4n) is 1.02. The topological polar surface area (TPSA) is 71.4 Å². The molecule has 0 aliphatic carbocycles. The highest BCUT2D eigenvalue weighted by molar-refractivity contribution is 7.94. The summed E-state index contributed by atoms with van der Waals surface area (Å²) in [5, 5.41) is 8.88. The van der Waals surface area contributed by atoms with Crippen LogP contribution in [0.25, 0.3) is 0 Å². The summed E-state index contributed by atoms with van der Waals surface area (Å²) in [5.74, 6) is -1.87. The number of carboxylic acids is 1. The van der Waals surface area contributed by atoms with E-state index < -0.39 is 21.6 Å². The van der Waals surface area contributed by atoms with Gasteiger partial charge >= 0.3 is 5.97 Å². The van der Waals surface area contributed by atoms with Gasteiger partial charge < -0.3 is 5.11 Å². The number of aryl methyl sites for hydroxylation is 1. The van der Waals surface area contributed by atoms with E-state index in [1.54, 1.807) is 0 Å². The van der Waals surface area contributed by atoms with Crippen molar-refractivity contribution in [1.82, 2.24) is 0 Å². The Morgan fingerprint density at radius 1 is 1.44 bits per heavy atom. The van der Waals surface area contributed by atoms with Gasteiger partial charge in [0.1, 0.15) is 5.82 Å². The van der Waals surface area contributed by atoms with Crippen molar-refractivity contribution in [2.75, 3.05) is 0 Å². The van der Waals surface area contributed by atoms with E-state index in [9.17, 15) is 17.6 Å². The second kappa shape index (κ2) is 4.44. The summed E-state index contributed by atoms with van der Waals surface area (Å²) >= 11 is 0. The first-order valence-electron chi connectivity index (χ1n) is 4.25. The van der Waals surface area contributed by atoms with Gasteiger partial charge in [0.2, 0.25) is 0 Å². The van der Waals surface area contributed by atoms with Gasteiger partial charge in [0.05, 0.1) is 4.90 Å². The van der Waals surface area contributed by atoms with Crippen LogP contribution in [-0.4, -0.2) is 19.5 Å². The molecule has 1 aromatic rings. The lowest BCUT2D eigenvalue weighted by molar-refractivity contribution is -0.131. The van der Waals surface area contributed by atoms with Crippen molar-refractivity contribution < 1.29 is 22.7 Å². The first-order chi connectivity index (χ1) is 7.33. The lowest BCUT2D eigenvalue weighted by Crippen LogP contribution is -1.99. The minimum Gasteiger partial charge on any atom is -0.478 e. The maximum absolute atomic E-state index is 12.9. The molecular weight excluding hydrogens is 235 g/mol. The van der Waals surface area contributed by atoms with Crippen molar-refractivity contribution in [2.45, 2.75) is 11.8 Å². The Labute approximate surface area is 91.9 Å². The highest BCUT2D eigenvalue weighted by atomic mass is 32.2. The molecule has 0 aliphatic rings. The number of carbonyl (C=O) groups is 1. The summed E-state index contributed by atoms with van der Waals surface area (Å²) in [6.45, 7) is 1.43. The first kappa shape index (κ1) is 12.4. The van der Waals surface area contributed by atoms with Crippen molar-refractivity contribution in [2.24, 2.45) is 0 Å². The molecular formula is C10H9FO4S. The van der Waals surface area contributed by atoms with Crippen LogP contribution in [0.5, 0.6) is 0 Å². The Bertz CT molecular complexity index is 546. The Morgan fingerprint density at radius 3 is 2.56 bits per heavy atom. The molecule has 0 atom stereocenters. The lowest BCUT2D eigenvalue weighted by Gasteiger charge is -2.01. The molecule has 0 bridgehead atoms. The average Bonchev–Trinajstić information content (AvgIpc) is 2.19. The van der Waals surface area contributed by atoms with Crippen LogP contribution in [0.4, 0.5) is 4.39 Å². The van der Waals surface area contributed by atoms with Gasteiger partial charge in [-0.3, -0.25) is 0 Å². The van der Waals surface area contributed by atoms with Gasteiger partial charge in [-0.05, 0) is 30.7 Å². The normalized spacial score (nSPS) is 11.9. The third-order valence-electron chi connectivity index (χ3n) is 1.85. The van der Waals surface area contributed by atoms with Crippen molar-refractivity contribution in [3.63, 3.8) is 0 Å². The SMILES string of the molecule is Cc1cc(S(=O)(=O)/C=C/C(=O)O)ccc1F. The van der Waals surface area contributed by atoms with Crippen molar-refractivity contribution in [1.29, 1.82) is 0 Å². The minimum atomic E-state index is -3.82. The van der Waals surface area contributed by atoms with Crippen LogP contribution < -0.4 is 0 Å². The van der Waals surface area contributed by atoms with Crippen LogP contribution in [0.3, 0.4) is 0 Å². The van der Waals surface area contributed by atoms with Gasteiger partial charge in [-0.1, -0.05) is 0 Å². The van der Waals surface area contributed by atoms with Gasteiger partial charge in [-0.25, -0.2) is 17.6 Å². The van der Waals surface area contributed by atoms with E-state index in [4.69, 9.17) is 5.11 Å². The largest absolute Gasteiger partial charge is 0.478 e. The van der Waals surface area contributed by atoms with Gasteiger partial charge in [0.15, 0.2) is 9.84 Å². The highest BCUT2D eigenvalue weighted by Crippen LogP contribution is 2.16. The quantitative estimate of drug-likeness (QED) is 0.646. The lowest BCUT2D eigenvalue weighted by atomic mass is 10.2. The van der Waals surface area contributed by atoms with E-state index in [1.165, 1.54) is 6.92 Å². The maximum atomic E-state index is 12.9. The third-order valence-corrected chi connectivity index (χ3v) is 3.25. The van der Waals surface area contributed by atoms with E-state index in [2.05, 4.69) is 0 Å². The Kier molecular flexibility index (Phi) is 3.44. The number of benzene rings is 1. The van der Waals surface area contributed by atoms with E-state index in [0.29, 0.717) is 11.5 Å². The first-order valence-corrected chi connectivity index (χ1v) is 5.80. The molecule has 0 aromatic heterocycles. The van der Waals surface area contributed by atoms with Crippen LogP contribution in [0.2, 0.25) is 0 Å². The molecule has 0 unspecified atom stereocenters. The van der Waals surface area contributed by atoms with E-state index >= 15 is 0 Å². The van der Waals surface area contributed by atoms with Crippen LogP contribution in [-0.2, 0) is 14.6 Å². The minimum absolute atomic E-state index is 0.135. The van der Waals surface area contributed by atoms with Crippen molar-refractivity contribution >= 4 is 15.8 Å². The zero-order valence-corrected chi connectivity index (χ0v) is 9.16. The van der Waals surface area contributed by atoms with E-state index in [1.807, 2.05) is 0 Å². The molecule has 1 aromatic carbocycles. The fourth-order valence-corrected chi connectivity index (χ4v) is 2.07. The number of hydrogen-bond acceptors (Lipinski definition) is 3. The molecule has 0 fully saturated rings. The van der Waals surface area contributed by atoms with Crippen LogP contribution in [0.1, 0.15) is 5.56 Å². The summed E-state index contributed by atoms with van der Waals surface area (Å²) in [6, 6.07) is 3.26. The molecule has 0 saturated heterocycles. The smallest absolute Gasteiger partial charge is 0.329 e. The summed E-state index contributed by atoms with van der Waals surface area (Å²) in [6.07, 6.45) is 0.522. The van der Waals surface area contributed by atoms with Gasteiger partial charge in [-0.2, -0.15) is 0 Å². The number of sulfone groups is 1. The van der Waals surface area contributed by atoms with Crippen molar-refractivity contribution in [3.05, 3.63) is 41.1 Å². The molecule has 0 amide bonds. The fraction of sp³-hybridized carbons (Fsp3) is 0.100. The van der Waals surface area contributed by atoms with Crippen LogP contribution in [0.15, 0.2) is 34.6 Å². The molecule has 4 nitrogen and oxygen atoms in total. The molecule has 0 aliphatic heterocycles. The standard InChI is InChI=1S/C10H9FO4S/c1-7-6-8(2-3-9(7)11)16(14,15)5-4-10(12)13/h2-6H,1H3,(H,12,13)/b5-4+. The van der Waals surface area contributed by atoms with Crippen LogP contribution in [0, 0.1) is 12.7 Å². The average molecular weight is 244 g/mol. The summed E-state index contributed by atoms with van der Waals surface area (Å²) < 4.78 is 35.9. The monoisotopic (exact) mass is 244 g/mol. The number of halogens is 1. The predicted molar refractivity (Wildman–Crippen MR) is 55.1 cm³/mol. The Hall–Kier alpha value is -1.69. The Balaban J connectivity index is 3.18. The van der Waals surface area contributed by atoms with E-state index in [-0.39, 0.29) is 10.5 Å². The van der Waals surface area contributed by atoms with Gasteiger partial charge in [0, 0.05) is 11.5 Å². The summed E-state index contributed by atoms with van der Waals surface area (Å²) in [4.78, 5) is 10.1. The highest BCUT2D eigenvalue weighted by Gasteiger charge is 2.12. The number of aliphatic carboxylic acids is 1. The molecule has 0 saturated carbocycles. The van der Waals surface area contributed by atoms with Crippen molar-refractivity contribution in [3.8, 4) is 0 Å². The number of rotatable bonds is 3. The molecule has 0 radical (unpaired) electrons. The molecule has 1 rings (SSSR count). The van der Waals surface area contributed by atoms with E-state index in [0.717, 1.165) is 18.2 Å². The second-order valence-electron chi connectivity index (χ2n) is 3.10. The molecule has 0 heterocycles. The number of hydrogen-bond donors (Lipinski definition) is 1. The summed E-state index contributed by atoms with van der Waals surface area (Å²) in [7, 11) is -3.82. The zero-order chi connectivity index (χ0) is 12.3. The predicted octanol–water partition coefficient (Wildman–Crippen LogP) is 1.51. The molecule has 1 N–H and O–H groups in total. The molecule has 86 valence electrons. The van der Waals surface area contributed by atoms with Crippen LogP contribution >= 0.6 is 0 Å². The molecule has 0 spiro atoms. The molecule has 16 heavy (non-hydrogen) atoms. The third kappa shape index (κ3) is 2.90. The summed E-state index contributed by atoms with van der Waals surface area (Å²) in [5.41, 5.74) is 0.185. The molecule has 6 heteroatoms. The second-order valence-corrected chi connectivity index (χ2v) is 4.93. The van der Waals surface area contributed by atoms with Gasteiger partial charge in [0.25, 0.3) is 0 Å². The van der Waals surface area contributed by atoms with Gasteiger partial charge in [-0.15, -0.1) is 0 Å². The maximum Gasteiger partial charge on any atom is 0.329 e. The number of carboxylic acid groups (broad SMARTS) is 1.